The van der Waals surface area contributed by atoms with Crippen molar-refractivity contribution in [3.63, 3.8) is 0 Å². The van der Waals surface area contributed by atoms with Crippen LogP contribution in [0.3, 0.4) is 0 Å². The van der Waals surface area contributed by atoms with Gasteiger partial charge in [0, 0.05) is 34.6 Å². The first kappa shape index (κ1) is 16.5. The first-order valence-electron chi connectivity index (χ1n) is 8.70. The third kappa shape index (κ3) is 3.45. The average molecular weight is 329 g/mol. The molecule has 2 aromatic rings. The van der Waals surface area contributed by atoms with Crippen LogP contribution in [0.25, 0.3) is 11.3 Å². The lowest BCUT2D eigenvalue weighted by Gasteiger charge is -2.30. The maximum absolute atomic E-state index is 4.94. The van der Waals surface area contributed by atoms with E-state index in [1.54, 1.807) is 0 Å². The highest BCUT2D eigenvalue weighted by atomic mass is 32.1. The normalized spacial score (nSPS) is 16.0. The molecule has 1 aliphatic heterocycles. The molecule has 3 heteroatoms. The van der Waals surface area contributed by atoms with Gasteiger partial charge in [-0.05, 0) is 50.8 Å². The zero-order valence-electron chi connectivity index (χ0n) is 15.1. The van der Waals surface area contributed by atoms with E-state index in [0.29, 0.717) is 0 Å². The minimum Gasteiger partial charge on any atom is -0.371 e. The molecule has 3 rings (SSSR count). The molecule has 1 aliphatic rings. The molecule has 0 saturated carbocycles. The number of aromatic nitrogens is 1. The Hall–Kier alpha value is -1.35. The Kier molecular flexibility index (Phi) is 4.50. The van der Waals surface area contributed by atoms with Crippen LogP contribution >= 0.6 is 11.3 Å². The second kappa shape index (κ2) is 6.27. The van der Waals surface area contributed by atoms with Gasteiger partial charge in [-0.3, -0.25) is 0 Å². The van der Waals surface area contributed by atoms with Crippen LogP contribution in [0.4, 0.5) is 5.69 Å². The minimum absolute atomic E-state index is 0.121. The molecule has 0 N–H and O–H groups in total. The van der Waals surface area contributed by atoms with Crippen LogP contribution in [0, 0.1) is 13.8 Å². The van der Waals surface area contributed by atoms with E-state index < -0.39 is 0 Å². The van der Waals surface area contributed by atoms with Crippen molar-refractivity contribution in [2.24, 2.45) is 0 Å². The number of hydrogen-bond acceptors (Lipinski definition) is 3. The zero-order chi connectivity index (χ0) is 16.6. The monoisotopic (exact) mass is 328 g/mol. The summed E-state index contributed by atoms with van der Waals surface area (Å²) in [5, 5.41) is 1.22. The number of nitrogens with zero attached hydrogens (tertiary/aromatic N) is 2. The summed E-state index contributed by atoms with van der Waals surface area (Å²) in [6, 6.07) is 6.87. The molecule has 0 bridgehead atoms. The van der Waals surface area contributed by atoms with E-state index in [2.05, 4.69) is 57.7 Å². The van der Waals surface area contributed by atoms with Gasteiger partial charge in [-0.2, -0.15) is 0 Å². The first-order valence-corrected chi connectivity index (χ1v) is 9.52. The van der Waals surface area contributed by atoms with Gasteiger partial charge in [-0.1, -0.05) is 26.8 Å². The molecule has 0 amide bonds. The minimum atomic E-state index is 0.121. The molecule has 124 valence electrons. The smallest absolute Gasteiger partial charge is 0.0988 e. The van der Waals surface area contributed by atoms with Gasteiger partial charge < -0.3 is 4.90 Å². The highest BCUT2D eigenvalue weighted by Crippen LogP contribution is 2.35. The summed E-state index contributed by atoms with van der Waals surface area (Å²) >= 11 is 1.83. The van der Waals surface area contributed by atoms with E-state index in [9.17, 15) is 0 Å². The number of aryl methyl sites for hydroxylation is 2. The maximum atomic E-state index is 4.94. The number of benzene rings is 1. The third-order valence-corrected chi connectivity index (χ3v) is 6.00. The lowest BCUT2D eigenvalue weighted by atomic mass is 9.98. The fraction of sp³-hybridized carbons (Fsp3) is 0.550. The van der Waals surface area contributed by atoms with Crippen molar-refractivity contribution in [2.75, 3.05) is 18.0 Å². The molecule has 1 aromatic heterocycles. The summed E-state index contributed by atoms with van der Waals surface area (Å²) in [4.78, 5) is 8.80. The number of thiazole rings is 1. The van der Waals surface area contributed by atoms with Crippen molar-refractivity contribution in [1.82, 2.24) is 4.98 Å². The van der Waals surface area contributed by atoms with Crippen LogP contribution < -0.4 is 4.90 Å². The first-order chi connectivity index (χ1) is 10.9. The van der Waals surface area contributed by atoms with E-state index in [4.69, 9.17) is 4.98 Å². The fourth-order valence-electron chi connectivity index (χ4n) is 3.28. The Morgan fingerprint density at radius 2 is 1.74 bits per heavy atom. The number of anilines is 1. The topological polar surface area (TPSA) is 16.1 Å². The Balaban J connectivity index is 1.92. The number of piperidine rings is 1. The summed E-state index contributed by atoms with van der Waals surface area (Å²) in [5.41, 5.74) is 5.31. The summed E-state index contributed by atoms with van der Waals surface area (Å²) in [5.74, 6) is 0. The van der Waals surface area contributed by atoms with Gasteiger partial charge in [-0.25, -0.2) is 4.98 Å². The summed E-state index contributed by atoms with van der Waals surface area (Å²) in [6.07, 6.45) is 4.02. The molecule has 23 heavy (non-hydrogen) atoms. The summed E-state index contributed by atoms with van der Waals surface area (Å²) < 4.78 is 0. The van der Waals surface area contributed by atoms with Crippen molar-refractivity contribution in [1.29, 1.82) is 0 Å². The number of rotatable bonds is 2. The molecule has 0 spiro atoms. The lowest BCUT2D eigenvalue weighted by Crippen LogP contribution is -2.29. The van der Waals surface area contributed by atoms with Gasteiger partial charge in [-0.15, -0.1) is 11.3 Å². The van der Waals surface area contributed by atoms with Crippen LogP contribution in [0.5, 0.6) is 0 Å². The molecule has 1 saturated heterocycles. The van der Waals surface area contributed by atoms with Crippen LogP contribution in [-0.4, -0.2) is 18.1 Å². The standard InChI is InChI=1S/C20H28N2S/c1-14-13-16(9-10-17(14)22-11-7-6-8-12-22)18-15(2)23-19(21-18)20(3,4)5/h9-10,13H,6-8,11-12H2,1-5H3. The zero-order valence-corrected chi connectivity index (χ0v) is 15.9. The largest absolute Gasteiger partial charge is 0.371 e. The van der Waals surface area contributed by atoms with Crippen molar-refractivity contribution in [2.45, 2.75) is 59.3 Å². The van der Waals surface area contributed by atoms with Gasteiger partial charge in [0.15, 0.2) is 0 Å². The van der Waals surface area contributed by atoms with Crippen LogP contribution in [0.2, 0.25) is 0 Å². The van der Waals surface area contributed by atoms with E-state index in [1.165, 1.54) is 59.1 Å². The summed E-state index contributed by atoms with van der Waals surface area (Å²) in [6.45, 7) is 13.5. The van der Waals surface area contributed by atoms with Gasteiger partial charge in [0.05, 0.1) is 10.7 Å². The molecule has 0 unspecified atom stereocenters. The van der Waals surface area contributed by atoms with Crippen molar-refractivity contribution in [3.05, 3.63) is 33.6 Å². The van der Waals surface area contributed by atoms with E-state index >= 15 is 0 Å². The second-order valence-electron chi connectivity index (χ2n) is 7.72. The maximum Gasteiger partial charge on any atom is 0.0988 e. The van der Waals surface area contributed by atoms with Gasteiger partial charge in [0.1, 0.15) is 0 Å². The Morgan fingerprint density at radius 1 is 1.04 bits per heavy atom. The molecule has 1 fully saturated rings. The second-order valence-corrected chi connectivity index (χ2v) is 8.93. The van der Waals surface area contributed by atoms with E-state index in [-0.39, 0.29) is 5.41 Å². The Morgan fingerprint density at radius 3 is 2.30 bits per heavy atom. The SMILES string of the molecule is Cc1cc(-c2nc(C(C)(C)C)sc2C)ccc1N1CCCCC1. The Bertz CT molecular complexity index is 688. The molecule has 2 nitrogen and oxygen atoms in total. The number of hydrogen-bond donors (Lipinski definition) is 0. The van der Waals surface area contributed by atoms with Crippen molar-refractivity contribution >= 4 is 17.0 Å². The predicted molar refractivity (Wildman–Crippen MR) is 102 cm³/mol. The highest BCUT2D eigenvalue weighted by molar-refractivity contribution is 7.12. The van der Waals surface area contributed by atoms with Gasteiger partial charge >= 0.3 is 0 Å². The van der Waals surface area contributed by atoms with Gasteiger partial charge in [0.2, 0.25) is 0 Å². The molecule has 0 aliphatic carbocycles. The quantitative estimate of drug-likeness (QED) is 0.701. The Labute approximate surface area is 144 Å². The van der Waals surface area contributed by atoms with E-state index in [0.717, 1.165) is 5.69 Å². The highest BCUT2D eigenvalue weighted by Gasteiger charge is 2.21. The molecule has 2 heterocycles. The van der Waals surface area contributed by atoms with Crippen LogP contribution in [-0.2, 0) is 5.41 Å². The molecule has 1 aromatic carbocycles. The molecule has 0 atom stereocenters. The van der Waals surface area contributed by atoms with Crippen molar-refractivity contribution < 1.29 is 0 Å². The van der Waals surface area contributed by atoms with Crippen molar-refractivity contribution in [3.8, 4) is 11.3 Å². The van der Waals surface area contributed by atoms with Gasteiger partial charge in [0.25, 0.3) is 0 Å². The predicted octanol–water partition coefficient (Wildman–Crippen LogP) is 5.71. The van der Waals surface area contributed by atoms with E-state index in [1.807, 2.05) is 11.3 Å². The fourth-order valence-corrected chi connectivity index (χ4v) is 4.27. The molecular weight excluding hydrogens is 300 g/mol. The average Bonchev–Trinajstić information content (AvgIpc) is 2.90. The molecule has 0 radical (unpaired) electrons. The third-order valence-electron chi connectivity index (χ3n) is 4.61. The summed E-state index contributed by atoms with van der Waals surface area (Å²) in [7, 11) is 0. The van der Waals surface area contributed by atoms with Crippen LogP contribution in [0.15, 0.2) is 18.2 Å². The lowest BCUT2D eigenvalue weighted by molar-refractivity contribution is 0.577. The molecular formula is C20H28N2S. The van der Waals surface area contributed by atoms with Crippen LogP contribution in [0.1, 0.15) is 55.5 Å².